The molecule has 3 rings (SSSR count). The van der Waals surface area contributed by atoms with Crippen molar-refractivity contribution in [3.05, 3.63) is 23.8 Å². The monoisotopic (exact) mass is 376 g/mol. The number of amides is 1. The van der Waals surface area contributed by atoms with E-state index in [0.29, 0.717) is 19.8 Å². The Morgan fingerprint density at radius 3 is 2.78 bits per heavy atom. The highest BCUT2D eigenvalue weighted by molar-refractivity contribution is 5.78. The van der Waals surface area contributed by atoms with Crippen LogP contribution >= 0.6 is 0 Å². The molecule has 2 heterocycles. The van der Waals surface area contributed by atoms with Gasteiger partial charge in [0.05, 0.1) is 25.8 Å². The molecule has 2 aliphatic heterocycles. The van der Waals surface area contributed by atoms with Crippen molar-refractivity contribution in [2.75, 3.05) is 39.5 Å². The van der Waals surface area contributed by atoms with E-state index in [9.17, 15) is 9.90 Å². The van der Waals surface area contributed by atoms with Crippen molar-refractivity contribution in [1.29, 1.82) is 0 Å². The smallest absolute Gasteiger partial charge is 0.234 e. The minimum Gasteiger partial charge on any atom is -0.490 e. The number of ether oxygens (including phenoxy) is 2. The topological polar surface area (TPSA) is 71.0 Å². The summed E-state index contributed by atoms with van der Waals surface area (Å²) < 4.78 is 11.5. The molecule has 0 saturated carbocycles. The first-order valence-corrected chi connectivity index (χ1v) is 10.1. The van der Waals surface area contributed by atoms with Gasteiger partial charge in [-0.05, 0) is 48.9 Å². The van der Waals surface area contributed by atoms with Gasteiger partial charge in [0.15, 0.2) is 11.5 Å². The summed E-state index contributed by atoms with van der Waals surface area (Å²) in [6, 6.07) is 5.87. The molecule has 1 amide bonds. The quantitative estimate of drug-likeness (QED) is 0.798. The van der Waals surface area contributed by atoms with Crippen LogP contribution in [0.2, 0.25) is 0 Å². The van der Waals surface area contributed by atoms with E-state index in [1.807, 2.05) is 18.2 Å². The Hall–Kier alpha value is -1.79. The predicted molar refractivity (Wildman–Crippen MR) is 104 cm³/mol. The lowest BCUT2D eigenvalue weighted by molar-refractivity contribution is -0.123. The van der Waals surface area contributed by atoms with E-state index in [-0.39, 0.29) is 30.4 Å². The van der Waals surface area contributed by atoms with Gasteiger partial charge in [-0.25, -0.2) is 0 Å². The summed E-state index contributed by atoms with van der Waals surface area (Å²) in [5.74, 6) is 2.10. The zero-order valence-corrected chi connectivity index (χ0v) is 16.4. The van der Waals surface area contributed by atoms with Crippen molar-refractivity contribution in [2.45, 2.75) is 39.2 Å². The van der Waals surface area contributed by atoms with Crippen molar-refractivity contribution in [1.82, 2.24) is 10.2 Å². The average Bonchev–Trinajstić information content (AvgIpc) is 2.90. The van der Waals surface area contributed by atoms with E-state index in [4.69, 9.17) is 9.47 Å². The largest absolute Gasteiger partial charge is 0.490 e. The van der Waals surface area contributed by atoms with Gasteiger partial charge in [-0.3, -0.25) is 9.69 Å². The molecule has 27 heavy (non-hydrogen) atoms. The van der Waals surface area contributed by atoms with E-state index >= 15 is 0 Å². The molecule has 0 bridgehead atoms. The highest BCUT2D eigenvalue weighted by Gasteiger charge is 2.24. The molecule has 2 atom stereocenters. The molecule has 1 saturated heterocycles. The SMILES string of the molecule is CC(C)[C@@H](NC(=O)CN1CCC[C@H](CO)C1)c1ccc2c(c1)OCCCO2. The van der Waals surface area contributed by atoms with E-state index in [1.165, 1.54) is 0 Å². The first-order chi connectivity index (χ1) is 13.1. The van der Waals surface area contributed by atoms with Gasteiger partial charge in [0.1, 0.15) is 0 Å². The maximum Gasteiger partial charge on any atom is 0.234 e. The molecule has 0 unspecified atom stereocenters. The standard InChI is InChI=1S/C21H32N2O4/c1-15(2)21(17-6-7-18-19(11-17)27-10-4-9-26-18)22-20(25)13-23-8-3-5-16(12-23)14-24/h6-7,11,15-16,21,24H,3-5,8-10,12-14H2,1-2H3,(H,22,25)/t16-,21+/m0/s1. The summed E-state index contributed by atoms with van der Waals surface area (Å²) in [7, 11) is 0. The Kier molecular flexibility index (Phi) is 6.96. The van der Waals surface area contributed by atoms with Gasteiger partial charge in [0, 0.05) is 19.6 Å². The number of aliphatic hydroxyl groups is 1. The second-order valence-electron chi connectivity index (χ2n) is 7.97. The van der Waals surface area contributed by atoms with E-state index < -0.39 is 0 Å². The van der Waals surface area contributed by atoms with Crippen molar-refractivity contribution in [3.63, 3.8) is 0 Å². The van der Waals surface area contributed by atoms with Crippen LogP contribution in [0.25, 0.3) is 0 Å². The van der Waals surface area contributed by atoms with E-state index in [1.54, 1.807) is 0 Å². The first-order valence-electron chi connectivity index (χ1n) is 10.1. The fourth-order valence-corrected chi connectivity index (χ4v) is 3.87. The number of nitrogens with zero attached hydrogens (tertiary/aromatic N) is 1. The Balaban J connectivity index is 1.65. The van der Waals surface area contributed by atoms with Crippen LogP contribution in [-0.2, 0) is 4.79 Å². The maximum atomic E-state index is 12.7. The summed E-state index contributed by atoms with van der Waals surface area (Å²) in [4.78, 5) is 14.8. The van der Waals surface area contributed by atoms with Crippen LogP contribution in [-0.4, -0.2) is 55.4 Å². The fourth-order valence-electron chi connectivity index (χ4n) is 3.87. The molecule has 1 fully saturated rings. The third-order valence-electron chi connectivity index (χ3n) is 5.34. The van der Waals surface area contributed by atoms with E-state index in [2.05, 4.69) is 24.1 Å². The molecular formula is C21H32N2O4. The van der Waals surface area contributed by atoms with Crippen molar-refractivity contribution in [3.8, 4) is 11.5 Å². The van der Waals surface area contributed by atoms with Crippen molar-refractivity contribution >= 4 is 5.91 Å². The number of rotatable bonds is 6. The number of likely N-dealkylation sites (tertiary alicyclic amines) is 1. The van der Waals surface area contributed by atoms with Crippen molar-refractivity contribution < 1.29 is 19.4 Å². The Labute approximate surface area is 161 Å². The Morgan fingerprint density at radius 1 is 1.26 bits per heavy atom. The molecule has 1 aromatic carbocycles. The average molecular weight is 376 g/mol. The second kappa shape index (κ2) is 9.42. The van der Waals surface area contributed by atoms with Crippen LogP contribution in [0, 0.1) is 11.8 Å². The van der Waals surface area contributed by atoms with Gasteiger partial charge in [0.2, 0.25) is 5.91 Å². The Morgan fingerprint density at radius 2 is 2.04 bits per heavy atom. The number of carbonyl (C=O) groups is 1. The van der Waals surface area contributed by atoms with Gasteiger partial charge in [-0.1, -0.05) is 19.9 Å². The normalized spacial score (nSPS) is 21.6. The number of aliphatic hydroxyl groups excluding tert-OH is 1. The van der Waals surface area contributed by atoms with Crippen LogP contribution in [0.15, 0.2) is 18.2 Å². The number of fused-ring (bicyclic) bond motifs is 1. The lowest BCUT2D eigenvalue weighted by Gasteiger charge is -2.32. The van der Waals surface area contributed by atoms with Crippen LogP contribution in [0.3, 0.4) is 0 Å². The molecule has 1 aromatic rings. The fraction of sp³-hybridized carbons (Fsp3) is 0.667. The van der Waals surface area contributed by atoms with Gasteiger partial charge in [-0.2, -0.15) is 0 Å². The summed E-state index contributed by atoms with van der Waals surface area (Å²) in [5.41, 5.74) is 1.04. The molecule has 6 heteroatoms. The third kappa shape index (κ3) is 5.36. The molecule has 6 nitrogen and oxygen atoms in total. The molecule has 0 aromatic heterocycles. The molecule has 0 spiro atoms. The first kappa shape index (κ1) is 20.0. The Bertz CT molecular complexity index is 635. The number of carbonyl (C=O) groups excluding carboxylic acids is 1. The van der Waals surface area contributed by atoms with E-state index in [0.717, 1.165) is 49.4 Å². The molecule has 0 radical (unpaired) electrons. The minimum atomic E-state index is -0.0758. The van der Waals surface area contributed by atoms with Crippen LogP contribution in [0.1, 0.15) is 44.7 Å². The molecule has 2 N–H and O–H groups in total. The zero-order chi connectivity index (χ0) is 19.2. The predicted octanol–water partition coefficient (Wildman–Crippen LogP) is 2.37. The third-order valence-corrected chi connectivity index (χ3v) is 5.34. The molecular weight excluding hydrogens is 344 g/mol. The second-order valence-corrected chi connectivity index (χ2v) is 7.97. The summed E-state index contributed by atoms with van der Waals surface area (Å²) >= 11 is 0. The number of hydrogen-bond donors (Lipinski definition) is 2. The number of piperidine rings is 1. The zero-order valence-electron chi connectivity index (χ0n) is 16.4. The minimum absolute atomic E-state index is 0.0272. The van der Waals surface area contributed by atoms with Crippen molar-refractivity contribution in [2.24, 2.45) is 11.8 Å². The van der Waals surface area contributed by atoms with Crippen LogP contribution in [0.4, 0.5) is 0 Å². The summed E-state index contributed by atoms with van der Waals surface area (Å²) in [6.45, 7) is 7.82. The van der Waals surface area contributed by atoms with Gasteiger partial charge in [0.25, 0.3) is 0 Å². The highest BCUT2D eigenvalue weighted by atomic mass is 16.5. The lowest BCUT2D eigenvalue weighted by atomic mass is 9.95. The molecule has 150 valence electrons. The lowest BCUT2D eigenvalue weighted by Crippen LogP contribution is -2.44. The highest BCUT2D eigenvalue weighted by Crippen LogP contribution is 2.34. The summed E-state index contributed by atoms with van der Waals surface area (Å²) in [5, 5.41) is 12.6. The number of nitrogens with one attached hydrogen (secondary N) is 1. The maximum absolute atomic E-state index is 12.7. The van der Waals surface area contributed by atoms with Gasteiger partial charge >= 0.3 is 0 Å². The molecule has 0 aliphatic carbocycles. The van der Waals surface area contributed by atoms with Crippen LogP contribution < -0.4 is 14.8 Å². The number of benzene rings is 1. The van der Waals surface area contributed by atoms with Crippen LogP contribution in [0.5, 0.6) is 11.5 Å². The summed E-state index contributed by atoms with van der Waals surface area (Å²) in [6.07, 6.45) is 2.95. The van der Waals surface area contributed by atoms with Gasteiger partial charge < -0.3 is 19.9 Å². The number of hydrogen-bond acceptors (Lipinski definition) is 5. The molecule has 2 aliphatic rings. The van der Waals surface area contributed by atoms with Gasteiger partial charge in [-0.15, -0.1) is 0 Å².